The maximum absolute atomic E-state index is 12.9. The van der Waals surface area contributed by atoms with Crippen LogP contribution in [0, 0.1) is 5.82 Å². The zero-order valence-electron chi connectivity index (χ0n) is 12.1. The van der Waals surface area contributed by atoms with Gasteiger partial charge < -0.3 is 4.43 Å². The predicted molar refractivity (Wildman–Crippen MR) is 82.9 cm³/mol. The second-order valence-electron chi connectivity index (χ2n) is 4.65. The quantitative estimate of drug-likeness (QED) is 0.370. The Morgan fingerprint density at radius 3 is 2.11 bits per heavy atom. The zero-order valence-corrected chi connectivity index (χ0v) is 13.1. The van der Waals surface area contributed by atoms with Crippen LogP contribution in [-0.4, -0.2) is 8.32 Å². The van der Waals surface area contributed by atoms with Gasteiger partial charge in [-0.05, 0) is 48.0 Å². The first-order chi connectivity index (χ1) is 9.09. The maximum Gasteiger partial charge on any atom is 0.250 e. The summed E-state index contributed by atoms with van der Waals surface area (Å²) >= 11 is 0. The molecule has 0 aliphatic carbocycles. The molecule has 19 heavy (non-hydrogen) atoms. The number of halogens is 1. The molecule has 0 aliphatic heterocycles. The predicted octanol–water partition coefficient (Wildman–Crippen LogP) is 5.37. The summed E-state index contributed by atoms with van der Waals surface area (Å²) in [6, 6.07) is 9.68. The second kappa shape index (κ2) is 7.29. The Labute approximate surface area is 116 Å². The lowest BCUT2D eigenvalue weighted by molar-refractivity contribution is 0.427. The van der Waals surface area contributed by atoms with E-state index in [-0.39, 0.29) is 5.82 Å². The number of hydrogen-bond acceptors (Lipinski definition) is 1. The highest BCUT2D eigenvalue weighted by Crippen LogP contribution is 2.26. The molecule has 0 unspecified atom stereocenters. The van der Waals surface area contributed by atoms with Crippen molar-refractivity contribution in [3.8, 4) is 0 Å². The molecule has 0 radical (unpaired) electrons. The minimum absolute atomic E-state index is 0.224. The van der Waals surface area contributed by atoms with Crippen molar-refractivity contribution in [1.82, 2.24) is 0 Å². The molecular weight excluding hydrogens is 255 g/mol. The van der Waals surface area contributed by atoms with Gasteiger partial charge in [-0.3, -0.25) is 0 Å². The first kappa shape index (κ1) is 15.7. The monoisotopic (exact) mass is 278 g/mol. The Hall–Kier alpha value is -1.35. The minimum Gasteiger partial charge on any atom is -0.544 e. The van der Waals surface area contributed by atoms with E-state index in [0.717, 1.165) is 29.5 Å². The molecule has 0 aliphatic rings. The summed E-state index contributed by atoms with van der Waals surface area (Å²) in [5.74, 6) is 0.571. The van der Waals surface area contributed by atoms with Gasteiger partial charge in [-0.1, -0.05) is 39.5 Å². The van der Waals surface area contributed by atoms with E-state index in [9.17, 15) is 4.39 Å². The van der Waals surface area contributed by atoms with Crippen molar-refractivity contribution in [3.05, 3.63) is 54.1 Å². The molecule has 0 N–H and O–H groups in total. The van der Waals surface area contributed by atoms with E-state index in [2.05, 4.69) is 27.4 Å². The molecule has 0 fully saturated rings. The van der Waals surface area contributed by atoms with Gasteiger partial charge in [0.25, 0.3) is 0 Å². The Morgan fingerprint density at radius 2 is 1.68 bits per heavy atom. The van der Waals surface area contributed by atoms with Crippen LogP contribution in [0.1, 0.15) is 26.3 Å². The second-order valence-corrected chi connectivity index (χ2v) is 9.34. The summed E-state index contributed by atoms with van der Waals surface area (Å²) in [6.45, 7) is 10.4. The van der Waals surface area contributed by atoms with Crippen molar-refractivity contribution >= 4 is 14.4 Å². The molecule has 0 spiro atoms. The lowest BCUT2D eigenvalue weighted by atomic mass is 10.2. The van der Waals surface area contributed by atoms with Crippen LogP contribution in [0.5, 0.6) is 0 Å². The van der Waals surface area contributed by atoms with Gasteiger partial charge in [0.15, 0.2) is 0 Å². The first-order valence-electron chi connectivity index (χ1n) is 6.87. The minimum atomic E-state index is -1.68. The van der Waals surface area contributed by atoms with E-state index in [1.807, 2.05) is 6.08 Å². The van der Waals surface area contributed by atoms with Gasteiger partial charge in [-0.15, -0.1) is 0 Å². The largest absolute Gasteiger partial charge is 0.544 e. The first-order valence-corrected chi connectivity index (χ1v) is 9.40. The highest BCUT2D eigenvalue weighted by Gasteiger charge is 2.30. The SMILES string of the molecule is C=C/C(=C\c1ccc(F)cc1)O[Si](CC)(CC)CC. The van der Waals surface area contributed by atoms with Crippen molar-refractivity contribution in [1.29, 1.82) is 0 Å². The van der Waals surface area contributed by atoms with Gasteiger partial charge in [0, 0.05) is 0 Å². The number of benzene rings is 1. The van der Waals surface area contributed by atoms with E-state index >= 15 is 0 Å². The topological polar surface area (TPSA) is 9.23 Å². The fourth-order valence-electron chi connectivity index (χ4n) is 2.07. The molecule has 1 aromatic carbocycles. The van der Waals surface area contributed by atoms with Crippen LogP contribution >= 0.6 is 0 Å². The van der Waals surface area contributed by atoms with Crippen LogP contribution in [0.15, 0.2) is 42.7 Å². The summed E-state index contributed by atoms with van der Waals surface area (Å²) in [5, 5.41) is 0. The normalized spacial score (nSPS) is 12.3. The van der Waals surface area contributed by atoms with E-state index in [0.29, 0.717) is 0 Å². The van der Waals surface area contributed by atoms with Crippen molar-refractivity contribution in [3.63, 3.8) is 0 Å². The molecule has 3 heteroatoms. The molecule has 0 aromatic heterocycles. The molecule has 1 nitrogen and oxygen atoms in total. The molecular formula is C16H23FOSi. The summed E-state index contributed by atoms with van der Waals surface area (Å²) in [5.41, 5.74) is 0.933. The smallest absolute Gasteiger partial charge is 0.250 e. The van der Waals surface area contributed by atoms with Gasteiger partial charge >= 0.3 is 0 Å². The van der Waals surface area contributed by atoms with Gasteiger partial charge in [-0.2, -0.15) is 0 Å². The maximum atomic E-state index is 12.9. The van der Waals surface area contributed by atoms with E-state index < -0.39 is 8.32 Å². The fraction of sp³-hybridized carbons (Fsp3) is 0.375. The lowest BCUT2D eigenvalue weighted by Gasteiger charge is -2.29. The average Bonchev–Trinajstić information content (AvgIpc) is 2.46. The summed E-state index contributed by atoms with van der Waals surface area (Å²) in [4.78, 5) is 0. The van der Waals surface area contributed by atoms with E-state index in [1.165, 1.54) is 12.1 Å². The van der Waals surface area contributed by atoms with E-state index in [1.54, 1.807) is 18.2 Å². The molecule has 0 bridgehead atoms. The van der Waals surface area contributed by atoms with Gasteiger partial charge in [0.05, 0.1) is 0 Å². The molecule has 0 saturated heterocycles. The number of allylic oxidation sites excluding steroid dienone is 1. The zero-order chi connectivity index (χ0) is 14.3. The molecule has 1 rings (SSSR count). The molecule has 1 aromatic rings. The van der Waals surface area contributed by atoms with E-state index in [4.69, 9.17) is 4.43 Å². The van der Waals surface area contributed by atoms with Crippen LogP contribution in [-0.2, 0) is 4.43 Å². The van der Waals surface area contributed by atoms with Gasteiger partial charge in [0.1, 0.15) is 11.6 Å². The molecule has 0 saturated carbocycles. The number of hydrogen-bond donors (Lipinski definition) is 0. The summed E-state index contributed by atoms with van der Waals surface area (Å²) in [7, 11) is -1.68. The van der Waals surface area contributed by atoms with Crippen LogP contribution < -0.4 is 0 Å². The van der Waals surface area contributed by atoms with Crippen LogP contribution in [0.25, 0.3) is 6.08 Å². The molecule has 0 amide bonds. The third-order valence-corrected chi connectivity index (χ3v) is 8.18. The summed E-state index contributed by atoms with van der Waals surface area (Å²) in [6.07, 6.45) is 3.67. The van der Waals surface area contributed by atoms with Gasteiger partial charge in [0.2, 0.25) is 8.32 Å². The van der Waals surface area contributed by atoms with Crippen LogP contribution in [0.4, 0.5) is 4.39 Å². The third kappa shape index (κ3) is 4.35. The highest BCUT2D eigenvalue weighted by molar-refractivity contribution is 6.73. The summed E-state index contributed by atoms with van der Waals surface area (Å²) < 4.78 is 19.1. The van der Waals surface area contributed by atoms with Crippen LogP contribution in [0.2, 0.25) is 18.1 Å². The average molecular weight is 278 g/mol. The van der Waals surface area contributed by atoms with Crippen LogP contribution in [0.3, 0.4) is 0 Å². The molecule has 0 heterocycles. The fourth-order valence-corrected chi connectivity index (χ4v) is 4.65. The Morgan fingerprint density at radius 1 is 1.16 bits per heavy atom. The molecule has 0 atom stereocenters. The lowest BCUT2D eigenvalue weighted by Crippen LogP contribution is -2.35. The number of rotatable bonds is 7. The molecule has 104 valence electrons. The Balaban J connectivity index is 2.94. The Kier molecular flexibility index (Phi) is 6.02. The van der Waals surface area contributed by atoms with Crippen molar-refractivity contribution < 1.29 is 8.82 Å². The van der Waals surface area contributed by atoms with Crippen molar-refractivity contribution in [2.75, 3.05) is 0 Å². The standard InChI is InChI=1S/C16H23FOSi/c1-5-16(18-19(6-2,7-3)8-4)13-14-9-11-15(17)12-10-14/h5,9-13H,1,6-8H2,2-4H3/b16-13+. The van der Waals surface area contributed by atoms with Gasteiger partial charge in [-0.25, -0.2) is 4.39 Å². The third-order valence-electron chi connectivity index (χ3n) is 3.65. The van der Waals surface area contributed by atoms with Crippen molar-refractivity contribution in [2.24, 2.45) is 0 Å². The highest BCUT2D eigenvalue weighted by atomic mass is 28.4. The van der Waals surface area contributed by atoms with Crippen molar-refractivity contribution in [2.45, 2.75) is 38.9 Å². The Bertz CT molecular complexity index is 424.